The zero-order chi connectivity index (χ0) is 11.1. The maximum Gasteiger partial charge on any atom is 0.119 e. The minimum absolute atomic E-state index is 0.134. The number of alkyl halides is 1. The third-order valence-electron chi connectivity index (χ3n) is 2.11. The second kappa shape index (κ2) is 6.37. The molecule has 4 heteroatoms. The molecule has 0 fully saturated rings. The van der Waals surface area contributed by atoms with Gasteiger partial charge in [-0.25, -0.2) is 0 Å². The highest BCUT2D eigenvalue weighted by atomic mass is 19.1. The van der Waals surface area contributed by atoms with Gasteiger partial charge in [-0.2, -0.15) is 0 Å². The van der Waals surface area contributed by atoms with Crippen molar-refractivity contribution in [1.29, 1.82) is 0 Å². The molecule has 4 N–H and O–H groups in total. The topological polar surface area (TPSA) is 61.3 Å². The van der Waals surface area contributed by atoms with E-state index in [-0.39, 0.29) is 12.7 Å². The van der Waals surface area contributed by atoms with E-state index in [9.17, 15) is 4.39 Å². The lowest BCUT2D eigenvalue weighted by atomic mass is 10.1. The van der Waals surface area contributed by atoms with Crippen molar-refractivity contribution < 1.29 is 9.13 Å². The van der Waals surface area contributed by atoms with Gasteiger partial charge in [0, 0.05) is 19.0 Å². The molecule has 1 aromatic rings. The Bertz CT molecular complexity index is 276. The van der Waals surface area contributed by atoms with Crippen LogP contribution in [-0.4, -0.2) is 19.8 Å². The van der Waals surface area contributed by atoms with Crippen molar-refractivity contribution in [3.05, 3.63) is 29.8 Å². The summed E-state index contributed by atoms with van der Waals surface area (Å²) in [4.78, 5) is 0. The van der Waals surface area contributed by atoms with Crippen molar-refractivity contribution in [3.63, 3.8) is 0 Å². The second-order valence-electron chi connectivity index (χ2n) is 3.30. The van der Waals surface area contributed by atoms with Crippen molar-refractivity contribution in [2.24, 2.45) is 11.5 Å². The Morgan fingerprint density at radius 3 is 2.47 bits per heavy atom. The molecule has 84 valence electrons. The molecule has 1 rings (SSSR count). The molecule has 15 heavy (non-hydrogen) atoms. The Morgan fingerprint density at radius 2 is 1.93 bits per heavy atom. The van der Waals surface area contributed by atoms with E-state index in [1.54, 1.807) is 0 Å². The van der Waals surface area contributed by atoms with Crippen LogP contribution in [0.25, 0.3) is 0 Å². The number of benzene rings is 1. The molecular formula is C11H17FN2O. The van der Waals surface area contributed by atoms with Gasteiger partial charge in [0.05, 0.1) is 13.3 Å². The normalized spacial score (nSPS) is 12.5. The van der Waals surface area contributed by atoms with E-state index in [1.807, 2.05) is 24.3 Å². The van der Waals surface area contributed by atoms with Crippen LogP contribution in [0.2, 0.25) is 0 Å². The highest BCUT2D eigenvalue weighted by molar-refractivity contribution is 5.29. The van der Waals surface area contributed by atoms with E-state index >= 15 is 0 Å². The number of hydrogen-bond acceptors (Lipinski definition) is 3. The first-order valence-corrected chi connectivity index (χ1v) is 5.02. The maximum atomic E-state index is 11.8. The molecule has 0 aromatic heterocycles. The Balaban J connectivity index is 2.49. The largest absolute Gasteiger partial charge is 0.494 e. The second-order valence-corrected chi connectivity index (χ2v) is 3.30. The summed E-state index contributed by atoms with van der Waals surface area (Å²) in [6.07, 6.45) is 0.421. The van der Waals surface area contributed by atoms with E-state index in [4.69, 9.17) is 16.2 Å². The van der Waals surface area contributed by atoms with Crippen LogP contribution < -0.4 is 16.2 Å². The van der Waals surface area contributed by atoms with Crippen LogP contribution in [0.15, 0.2) is 24.3 Å². The van der Waals surface area contributed by atoms with E-state index in [1.165, 1.54) is 0 Å². The number of rotatable bonds is 6. The number of hydrogen-bond donors (Lipinski definition) is 2. The van der Waals surface area contributed by atoms with Gasteiger partial charge in [-0.15, -0.1) is 0 Å². The van der Waals surface area contributed by atoms with Gasteiger partial charge in [0.2, 0.25) is 0 Å². The molecular weight excluding hydrogens is 195 g/mol. The van der Waals surface area contributed by atoms with Crippen LogP contribution in [0.4, 0.5) is 4.39 Å². The minimum Gasteiger partial charge on any atom is -0.494 e. The van der Waals surface area contributed by atoms with Crippen LogP contribution in [0.3, 0.4) is 0 Å². The fourth-order valence-corrected chi connectivity index (χ4v) is 1.19. The first-order chi connectivity index (χ1) is 7.27. The molecule has 3 nitrogen and oxygen atoms in total. The molecule has 0 bridgehead atoms. The van der Waals surface area contributed by atoms with Crippen molar-refractivity contribution in [2.45, 2.75) is 12.5 Å². The van der Waals surface area contributed by atoms with Crippen LogP contribution in [0.5, 0.6) is 5.75 Å². The van der Waals surface area contributed by atoms with Crippen molar-refractivity contribution in [2.75, 3.05) is 19.8 Å². The summed E-state index contributed by atoms with van der Waals surface area (Å²) in [5, 5.41) is 0. The Kier molecular flexibility index (Phi) is 5.07. The van der Waals surface area contributed by atoms with Crippen molar-refractivity contribution in [1.82, 2.24) is 0 Å². The lowest BCUT2D eigenvalue weighted by Gasteiger charge is -2.10. The van der Waals surface area contributed by atoms with Gasteiger partial charge in [0.25, 0.3) is 0 Å². The molecule has 1 atom stereocenters. The smallest absolute Gasteiger partial charge is 0.119 e. The molecule has 0 heterocycles. The van der Waals surface area contributed by atoms with Gasteiger partial charge in [-0.05, 0) is 17.7 Å². The monoisotopic (exact) mass is 212 g/mol. The van der Waals surface area contributed by atoms with Gasteiger partial charge in [-0.1, -0.05) is 12.1 Å². The van der Waals surface area contributed by atoms with Crippen molar-refractivity contribution >= 4 is 0 Å². The first kappa shape index (κ1) is 11.9. The summed E-state index contributed by atoms with van der Waals surface area (Å²) in [5.41, 5.74) is 12.2. The number of ether oxygens (including phenoxy) is 1. The third kappa shape index (κ3) is 3.85. The molecule has 1 unspecified atom stereocenters. The fraction of sp³-hybridized carbons (Fsp3) is 0.455. The van der Waals surface area contributed by atoms with Crippen LogP contribution in [0, 0.1) is 0 Å². The van der Waals surface area contributed by atoms with Gasteiger partial charge in [0.1, 0.15) is 5.75 Å². The zero-order valence-electron chi connectivity index (χ0n) is 8.66. The SMILES string of the molecule is NCC(N)c1ccc(OCCCF)cc1. The predicted octanol–water partition coefficient (Wildman–Crippen LogP) is 1.38. The summed E-state index contributed by atoms with van der Waals surface area (Å²) < 4.78 is 17.1. The third-order valence-corrected chi connectivity index (χ3v) is 2.11. The standard InChI is InChI=1S/C11H17FN2O/c12-6-1-7-15-10-4-2-9(3-5-10)11(14)8-13/h2-5,11H,1,6-8,13-14H2. The number of nitrogens with two attached hydrogens (primary N) is 2. The first-order valence-electron chi connectivity index (χ1n) is 5.02. The quantitative estimate of drug-likeness (QED) is 0.700. The Labute approximate surface area is 89.2 Å². The summed E-state index contributed by atoms with van der Waals surface area (Å²) in [5.74, 6) is 0.733. The molecule has 0 aliphatic rings. The molecule has 0 saturated heterocycles. The van der Waals surface area contributed by atoms with Crippen LogP contribution >= 0.6 is 0 Å². The molecule has 0 aliphatic carbocycles. The summed E-state index contributed by atoms with van der Waals surface area (Å²) in [6.45, 7) is 0.469. The fourth-order valence-electron chi connectivity index (χ4n) is 1.19. The summed E-state index contributed by atoms with van der Waals surface area (Å²) >= 11 is 0. The van der Waals surface area contributed by atoms with Gasteiger partial charge in [-0.3, -0.25) is 4.39 Å². The van der Waals surface area contributed by atoms with E-state index < -0.39 is 0 Å². The molecule has 0 saturated carbocycles. The van der Waals surface area contributed by atoms with E-state index in [0.29, 0.717) is 19.6 Å². The Morgan fingerprint density at radius 1 is 1.27 bits per heavy atom. The number of halogens is 1. The summed E-state index contributed by atoms with van der Waals surface area (Å²) in [6, 6.07) is 7.27. The average Bonchev–Trinajstić information content (AvgIpc) is 2.29. The van der Waals surface area contributed by atoms with Crippen molar-refractivity contribution in [3.8, 4) is 5.75 Å². The van der Waals surface area contributed by atoms with Crippen LogP contribution in [0.1, 0.15) is 18.0 Å². The highest BCUT2D eigenvalue weighted by Crippen LogP contribution is 2.15. The van der Waals surface area contributed by atoms with E-state index in [0.717, 1.165) is 11.3 Å². The molecule has 0 aliphatic heterocycles. The lowest BCUT2D eigenvalue weighted by molar-refractivity contribution is 0.289. The minimum atomic E-state index is -0.351. The van der Waals surface area contributed by atoms with Gasteiger partial charge >= 0.3 is 0 Å². The average molecular weight is 212 g/mol. The molecule has 0 radical (unpaired) electrons. The van der Waals surface area contributed by atoms with E-state index in [2.05, 4.69) is 0 Å². The predicted molar refractivity (Wildman–Crippen MR) is 58.5 cm³/mol. The Hall–Kier alpha value is -1.13. The summed E-state index contributed by atoms with van der Waals surface area (Å²) in [7, 11) is 0. The van der Waals surface area contributed by atoms with Gasteiger partial charge < -0.3 is 16.2 Å². The maximum absolute atomic E-state index is 11.8. The van der Waals surface area contributed by atoms with Crippen LogP contribution in [-0.2, 0) is 0 Å². The highest BCUT2D eigenvalue weighted by Gasteiger charge is 2.02. The molecule has 1 aromatic carbocycles. The zero-order valence-corrected chi connectivity index (χ0v) is 8.66. The lowest BCUT2D eigenvalue weighted by Crippen LogP contribution is -2.20. The van der Waals surface area contributed by atoms with Gasteiger partial charge in [0.15, 0.2) is 0 Å². The molecule has 0 amide bonds. The molecule has 0 spiro atoms.